The Morgan fingerprint density at radius 2 is 2.17 bits per heavy atom. The second-order valence-corrected chi connectivity index (χ2v) is 6.14. The van der Waals surface area contributed by atoms with Gasteiger partial charge in [-0.3, -0.25) is 0 Å². The number of hydrogen-bond acceptors (Lipinski definition) is 3. The summed E-state index contributed by atoms with van der Waals surface area (Å²) in [5, 5.41) is 5.27. The summed E-state index contributed by atoms with van der Waals surface area (Å²) in [6.07, 6.45) is 0.944. The van der Waals surface area contributed by atoms with Gasteiger partial charge in [0.05, 0.1) is 0 Å². The topological polar surface area (TPSA) is 38.0 Å². The second kappa shape index (κ2) is 5.87. The highest BCUT2D eigenvalue weighted by Gasteiger charge is 2.12. The number of rotatable bonds is 4. The summed E-state index contributed by atoms with van der Waals surface area (Å²) < 4.78 is 1.09. The predicted octanol–water partition coefficient (Wildman–Crippen LogP) is 3.83. The van der Waals surface area contributed by atoms with E-state index in [0.717, 1.165) is 28.7 Å². The van der Waals surface area contributed by atoms with Gasteiger partial charge in [-0.2, -0.15) is 0 Å². The second-order valence-electron chi connectivity index (χ2n) is 4.31. The Bertz CT molecular complexity index is 549. The van der Waals surface area contributed by atoms with E-state index in [-0.39, 0.29) is 0 Å². The van der Waals surface area contributed by atoms with Gasteiger partial charge in [-0.15, -0.1) is 11.3 Å². The first-order chi connectivity index (χ1) is 8.63. The van der Waals surface area contributed by atoms with Gasteiger partial charge in [-0.1, -0.05) is 15.9 Å². The molecule has 0 radical (unpaired) electrons. The molecule has 0 unspecified atom stereocenters. The molecule has 2 aromatic rings. The summed E-state index contributed by atoms with van der Waals surface area (Å²) in [4.78, 5) is 1.26. The van der Waals surface area contributed by atoms with Gasteiger partial charge in [0.15, 0.2) is 0 Å². The minimum Gasteiger partial charge on any atom is -0.398 e. The number of likely N-dealkylation sites (N-methyl/N-ethyl adjacent to an activating group) is 1. The van der Waals surface area contributed by atoms with Gasteiger partial charge in [-0.05, 0) is 61.6 Å². The number of aryl methyl sites for hydroxylation is 1. The molecule has 4 heteroatoms. The van der Waals surface area contributed by atoms with E-state index in [4.69, 9.17) is 5.73 Å². The minimum absolute atomic E-state index is 0.902. The van der Waals surface area contributed by atoms with Crippen molar-refractivity contribution in [3.05, 3.63) is 39.2 Å². The summed E-state index contributed by atoms with van der Waals surface area (Å²) in [6, 6.07) is 6.35. The number of nitrogens with two attached hydrogens (primary N) is 1. The van der Waals surface area contributed by atoms with Crippen molar-refractivity contribution < 1.29 is 0 Å². The van der Waals surface area contributed by atoms with E-state index in [2.05, 4.69) is 51.7 Å². The molecule has 0 bridgehead atoms. The SMILES string of the molecule is CNCCc1cc(Br)cc(-c2sccc2C)c1N. The first-order valence-electron chi connectivity index (χ1n) is 5.90. The Labute approximate surface area is 120 Å². The van der Waals surface area contributed by atoms with E-state index in [1.807, 2.05) is 7.05 Å². The molecule has 0 aliphatic rings. The van der Waals surface area contributed by atoms with Gasteiger partial charge in [0.1, 0.15) is 0 Å². The van der Waals surface area contributed by atoms with Crippen molar-refractivity contribution in [3.63, 3.8) is 0 Å². The normalized spacial score (nSPS) is 10.8. The van der Waals surface area contributed by atoms with Crippen LogP contribution >= 0.6 is 27.3 Å². The smallest absolute Gasteiger partial charge is 0.0435 e. The van der Waals surface area contributed by atoms with E-state index in [1.54, 1.807) is 11.3 Å². The summed E-state index contributed by atoms with van der Waals surface area (Å²) >= 11 is 5.32. The molecular formula is C14H17BrN2S. The Hall–Kier alpha value is -0.840. The number of hydrogen-bond donors (Lipinski definition) is 2. The molecule has 1 aromatic heterocycles. The van der Waals surface area contributed by atoms with Crippen LogP contribution in [0, 0.1) is 6.92 Å². The fraction of sp³-hybridized carbons (Fsp3) is 0.286. The summed E-state index contributed by atoms with van der Waals surface area (Å²) in [7, 11) is 1.96. The third-order valence-electron chi connectivity index (χ3n) is 2.98. The number of benzene rings is 1. The summed E-state index contributed by atoms with van der Waals surface area (Å²) in [5.74, 6) is 0. The monoisotopic (exact) mass is 324 g/mol. The van der Waals surface area contributed by atoms with E-state index >= 15 is 0 Å². The molecule has 3 N–H and O–H groups in total. The lowest BCUT2D eigenvalue weighted by atomic mass is 10.0. The Kier molecular flexibility index (Phi) is 4.43. The Morgan fingerprint density at radius 3 is 2.78 bits per heavy atom. The van der Waals surface area contributed by atoms with Crippen LogP contribution in [-0.4, -0.2) is 13.6 Å². The van der Waals surface area contributed by atoms with Crippen LogP contribution in [0.15, 0.2) is 28.1 Å². The van der Waals surface area contributed by atoms with Crippen LogP contribution in [0.3, 0.4) is 0 Å². The first kappa shape index (κ1) is 13.6. The molecular weight excluding hydrogens is 308 g/mol. The number of nitrogen functional groups attached to an aromatic ring is 1. The van der Waals surface area contributed by atoms with Crippen LogP contribution in [-0.2, 0) is 6.42 Å². The van der Waals surface area contributed by atoms with Crippen LogP contribution in [0.25, 0.3) is 10.4 Å². The average molecular weight is 325 g/mol. The number of halogens is 1. The molecule has 0 aliphatic heterocycles. The van der Waals surface area contributed by atoms with Crippen molar-refractivity contribution in [2.45, 2.75) is 13.3 Å². The molecule has 0 saturated carbocycles. The molecule has 18 heavy (non-hydrogen) atoms. The lowest BCUT2D eigenvalue weighted by Crippen LogP contribution is -2.11. The number of anilines is 1. The molecule has 96 valence electrons. The summed E-state index contributed by atoms with van der Waals surface area (Å²) in [6.45, 7) is 3.06. The van der Waals surface area contributed by atoms with Crippen molar-refractivity contribution in [3.8, 4) is 10.4 Å². The Balaban J connectivity index is 2.48. The molecule has 1 aromatic carbocycles. The zero-order valence-electron chi connectivity index (χ0n) is 10.6. The molecule has 0 amide bonds. The molecule has 1 heterocycles. The van der Waals surface area contributed by atoms with Crippen LogP contribution in [0.4, 0.5) is 5.69 Å². The Morgan fingerprint density at radius 1 is 1.39 bits per heavy atom. The first-order valence-corrected chi connectivity index (χ1v) is 7.57. The van der Waals surface area contributed by atoms with Gasteiger partial charge in [0, 0.05) is 20.6 Å². The molecule has 2 nitrogen and oxygen atoms in total. The standard InChI is InChI=1S/C14H17BrN2S/c1-9-4-6-18-14(9)12-8-11(15)7-10(13(12)16)3-5-17-2/h4,6-8,17H,3,5,16H2,1-2H3. The fourth-order valence-electron chi connectivity index (χ4n) is 1.98. The molecule has 0 aliphatic carbocycles. The maximum Gasteiger partial charge on any atom is 0.0435 e. The molecule has 0 atom stereocenters. The summed E-state index contributed by atoms with van der Waals surface area (Å²) in [5.41, 5.74) is 10.8. The van der Waals surface area contributed by atoms with Crippen LogP contribution in [0.1, 0.15) is 11.1 Å². The molecule has 0 saturated heterocycles. The van der Waals surface area contributed by atoms with Crippen LogP contribution < -0.4 is 11.1 Å². The van der Waals surface area contributed by atoms with E-state index < -0.39 is 0 Å². The third kappa shape index (κ3) is 2.76. The van der Waals surface area contributed by atoms with E-state index in [1.165, 1.54) is 16.0 Å². The molecule has 0 spiro atoms. The van der Waals surface area contributed by atoms with Crippen molar-refractivity contribution in [1.29, 1.82) is 0 Å². The quantitative estimate of drug-likeness (QED) is 0.839. The third-order valence-corrected chi connectivity index (χ3v) is 4.49. The lowest BCUT2D eigenvalue weighted by molar-refractivity contribution is 0.793. The van der Waals surface area contributed by atoms with Gasteiger partial charge in [-0.25, -0.2) is 0 Å². The largest absolute Gasteiger partial charge is 0.398 e. The van der Waals surface area contributed by atoms with Crippen molar-refractivity contribution in [1.82, 2.24) is 5.32 Å². The van der Waals surface area contributed by atoms with Crippen LogP contribution in [0.5, 0.6) is 0 Å². The highest BCUT2D eigenvalue weighted by molar-refractivity contribution is 9.10. The fourth-order valence-corrected chi connectivity index (χ4v) is 3.44. The van der Waals surface area contributed by atoms with Gasteiger partial charge >= 0.3 is 0 Å². The zero-order valence-corrected chi connectivity index (χ0v) is 13.0. The highest BCUT2D eigenvalue weighted by atomic mass is 79.9. The zero-order chi connectivity index (χ0) is 13.1. The maximum atomic E-state index is 6.31. The molecule has 2 rings (SSSR count). The minimum atomic E-state index is 0.902. The van der Waals surface area contributed by atoms with Gasteiger partial charge in [0.25, 0.3) is 0 Å². The van der Waals surface area contributed by atoms with Crippen molar-refractivity contribution in [2.24, 2.45) is 0 Å². The average Bonchev–Trinajstić information content (AvgIpc) is 2.76. The van der Waals surface area contributed by atoms with E-state index in [9.17, 15) is 0 Å². The van der Waals surface area contributed by atoms with E-state index in [0.29, 0.717) is 0 Å². The number of thiophene rings is 1. The highest BCUT2D eigenvalue weighted by Crippen LogP contribution is 2.37. The van der Waals surface area contributed by atoms with Crippen molar-refractivity contribution >= 4 is 33.0 Å². The van der Waals surface area contributed by atoms with Gasteiger partial charge in [0.2, 0.25) is 0 Å². The van der Waals surface area contributed by atoms with Crippen molar-refractivity contribution in [2.75, 3.05) is 19.3 Å². The van der Waals surface area contributed by atoms with Gasteiger partial charge < -0.3 is 11.1 Å². The molecule has 0 fully saturated rings. The maximum absolute atomic E-state index is 6.31. The predicted molar refractivity (Wildman–Crippen MR) is 84.2 cm³/mol. The number of nitrogens with one attached hydrogen (secondary N) is 1. The lowest BCUT2D eigenvalue weighted by Gasteiger charge is -2.12. The van der Waals surface area contributed by atoms with Crippen LogP contribution in [0.2, 0.25) is 0 Å².